The van der Waals surface area contributed by atoms with Crippen LogP contribution in [0.25, 0.3) is 11.8 Å². The number of nitrogens with zero attached hydrogens (tertiary/aromatic N) is 3. The number of hydrogen-bond acceptors (Lipinski definition) is 6. The average Bonchev–Trinajstić information content (AvgIpc) is 3.37. The van der Waals surface area contributed by atoms with Crippen molar-refractivity contribution in [1.82, 2.24) is 9.13 Å². The van der Waals surface area contributed by atoms with Crippen LogP contribution in [0.1, 0.15) is 42.4 Å². The Morgan fingerprint density at radius 2 is 1.90 bits per heavy atom. The Bertz CT molecular complexity index is 1810. The molecule has 0 amide bonds. The molecule has 39 heavy (non-hydrogen) atoms. The van der Waals surface area contributed by atoms with Gasteiger partial charge >= 0.3 is 5.97 Å². The second kappa shape index (κ2) is 10.7. The number of aryl methyl sites for hydroxylation is 1. The monoisotopic (exact) mass is 561 g/mol. The number of allylic oxidation sites excluding steroid dienone is 1. The summed E-state index contributed by atoms with van der Waals surface area (Å²) in [5.74, 6) is 0.0626. The minimum Gasteiger partial charge on any atom is -0.496 e. The predicted molar refractivity (Wildman–Crippen MR) is 154 cm³/mol. The van der Waals surface area contributed by atoms with Gasteiger partial charge in [0.05, 0.1) is 29.5 Å². The van der Waals surface area contributed by atoms with Crippen molar-refractivity contribution in [2.75, 3.05) is 13.7 Å². The first-order valence-electron chi connectivity index (χ1n) is 12.5. The van der Waals surface area contributed by atoms with E-state index in [1.54, 1.807) is 25.5 Å². The molecule has 9 heteroatoms. The van der Waals surface area contributed by atoms with Crippen LogP contribution in [0.5, 0.6) is 5.75 Å². The zero-order valence-electron chi connectivity index (χ0n) is 22.3. The van der Waals surface area contributed by atoms with Crippen molar-refractivity contribution in [2.45, 2.75) is 33.7 Å². The highest BCUT2D eigenvalue weighted by Crippen LogP contribution is 2.35. The highest BCUT2D eigenvalue weighted by atomic mass is 35.5. The van der Waals surface area contributed by atoms with E-state index in [0.717, 1.165) is 22.6 Å². The van der Waals surface area contributed by atoms with E-state index in [0.29, 0.717) is 36.9 Å². The smallest absolute Gasteiger partial charge is 0.338 e. The lowest BCUT2D eigenvalue weighted by Crippen LogP contribution is -2.40. The highest BCUT2D eigenvalue weighted by Gasteiger charge is 2.35. The number of benzene rings is 2. The average molecular weight is 562 g/mol. The minimum absolute atomic E-state index is 0.209. The molecule has 0 fully saturated rings. The van der Waals surface area contributed by atoms with Crippen LogP contribution in [-0.2, 0) is 9.53 Å². The van der Waals surface area contributed by atoms with Gasteiger partial charge in [-0.25, -0.2) is 9.79 Å². The van der Waals surface area contributed by atoms with Crippen LogP contribution < -0.4 is 19.6 Å². The fourth-order valence-corrected chi connectivity index (χ4v) is 6.29. The number of ether oxygens (including phenoxy) is 2. The van der Waals surface area contributed by atoms with Crippen LogP contribution >= 0.6 is 22.9 Å². The van der Waals surface area contributed by atoms with Crippen molar-refractivity contribution in [3.8, 4) is 11.4 Å². The van der Waals surface area contributed by atoms with Crippen LogP contribution in [0, 0.1) is 13.8 Å². The maximum absolute atomic E-state index is 14.0. The van der Waals surface area contributed by atoms with E-state index < -0.39 is 12.0 Å². The van der Waals surface area contributed by atoms with Crippen molar-refractivity contribution in [3.05, 3.63) is 113 Å². The van der Waals surface area contributed by atoms with Gasteiger partial charge in [-0.3, -0.25) is 9.36 Å². The molecule has 0 spiro atoms. The molecule has 0 aliphatic carbocycles. The van der Waals surface area contributed by atoms with E-state index in [1.165, 1.54) is 11.3 Å². The summed E-state index contributed by atoms with van der Waals surface area (Å²) >= 11 is 7.54. The molecule has 0 saturated carbocycles. The number of carbonyl (C=O) groups excluding carboxylic acids is 1. The van der Waals surface area contributed by atoms with E-state index in [1.807, 2.05) is 74.5 Å². The summed E-state index contributed by atoms with van der Waals surface area (Å²) in [4.78, 5) is 32.3. The zero-order chi connectivity index (χ0) is 27.8. The van der Waals surface area contributed by atoms with Crippen LogP contribution in [0.2, 0.25) is 5.02 Å². The standard InChI is InChI=1S/C30H28ClN3O4S/c1-6-38-29(36)26-18(3)32-30-34(27(26)23-12-7-8-13-24(23)37-5)28(35)25(39-30)15-20-14-17(2)33(19(20)4)22-11-9-10-21(31)16-22/h7-16,27H,6H2,1-5H3/b25-15+/t27-/m0/s1. The van der Waals surface area contributed by atoms with Crippen molar-refractivity contribution < 1.29 is 14.3 Å². The van der Waals surface area contributed by atoms with E-state index >= 15 is 0 Å². The molecule has 3 heterocycles. The number of para-hydroxylation sites is 1. The lowest BCUT2D eigenvalue weighted by Gasteiger charge is -2.25. The molecule has 0 saturated heterocycles. The van der Waals surface area contributed by atoms with Crippen molar-refractivity contribution in [2.24, 2.45) is 4.99 Å². The molecule has 200 valence electrons. The SMILES string of the molecule is CCOC(=O)C1=C(C)N=c2s/c(=C/c3cc(C)n(-c4cccc(Cl)c4)c3C)c(=O)n2[C@H]1c1ccccc1OC. The number of hydrogen-bond donors (Lipinski definition) is 0. The molecule has 1 aliphatic heterocycles. The maximum Gasteiger partial charge on any atom is 0.338 e. The van der Waals surface area contributed by atoms with Crippen molar-refractivity contribution in [3.63, 3.8) is 0 Å². The fourth-order valence-electron chi connectivity index (χ4n) is 5.07. The van der Waals surface area contributed by atoms with E-state index in [-0.39, 0.29) is 12.2 Å². The molecule has 7 nitrogen and oxygen atoms in total. The molecule has 0 N–H and O–H groups in total. The molecule has 2 aromatic heterocycles. The zero-order valence-corrected chi connectivity index (χ0v) is 23.9. The molecule has 0 unspecified atom stereocenters. The first-order chi connectivity index (χ1) is 18.7. The van der Waals surface area contributed by atoms with E-state index in [9.17, 15) is 9.59 Å². The van der Waals surface area contributed by atoms with Gasteiger partial charge in [-0.05, 0) is 69.7 Å². The molecule has 0 radical (unpaired) electrons. The Labute approximate surface area is 234 Å². The summed E-state index contributed by atoms with van der Waals surface area (Å²) in [5.41, 5.74) is 5.13. The number of methoxy groups -OCH3 is 1. The highest BCUT2D eigenvalue weighted by molar-refractivity contribution is 7.07. The lowest BCUT2D eigenvalue weighted by molar-refractivity contribution is -0.139. The quantitative estimate of drug-likeness (QED) is 0.315. The van der Waals surface area contributed by atoms with Gasteiger partial charge in [0.25, 0.3) is 5.56 Å². The van der Waals surface area contributed by atoms with E-state index in [2.05, 4.69) is 9.56 Å². The van der Waals surface area contributed by atoms with Gasteiger partial charge in [-0.15, -0.1) is 0 Å². The molecule has 5 rings (SSSR count). The molecule has 1 atom stereocenters. The molecule has 4 aromatic rings. The Balaban J connectivity index is 1.72. The third kappa shape index (κ3) is 4.75. The molecule has 0 bridgehead atoms. The largest absolute Gasteiger partial charge is 0.496 e. The number of esters is 1. The Hall–Kier alpha value is -3.88. The maximum atomic E-state index is 14.0. The summed E-state index contributed by atoms with van der Waals surface area (Å²) < 4.78 is 15.2. The van der Waals surface area contributed by atoms with Crippen molar-refractivity contribution >= 4 is 35.0 Å². The summed E-state index contributed by atoms with van der Waals surface area (Å²) in [6, 6.07) is 16.3. The Morgan fingerprint density at radius 3 is 2.62 bits per heavy atom. The van der Waals surface area contributed by atoms with Crippen molar-refractivity contribution in [1.29, 1.82) is 0 Å². The summed E-state index contributed by atoms with van der Waals surface area (Å²) in [7, 11) is 1.57. The number of aromatic nitrogens is 2. The number of fused-ring (bicyclic) bond motifs is 1. The second-order valence-electron chi connectivity index (χ2n) is 9.19. The lowest BCUT2D eigenvalue weighted by atomic mass is 9.95. The van der Waals surface area contributed by atoms with Gasteiger partial charge in [0.15, 0.2) is 4.80 Å². The molecular formula is C30H28ClN3O4S. The minimum atomic E-state index is -0.738. The predicted octanol–water partition coefficient (Wildman–Crippen LogP) is 4.87. The summed E-state index contributed by atoms with van der Waals surface area (Å²) in [5, 5.41) is 0.652. The van der Waals surface area contributed by atoms with Crippen LogP contribution in [0.3, 0.4) is 0 Å². The van der Waals surface area contributed by atoms with Gasteiger partial charge < -0.3 is 14.0 Å². The molecule has 2 aromatic carbocycles. The topological polar surface area (TPSA) is 74.8 Å². The van der Waals surface area contributed by atoms with Gasteiger partial charge in [-0.2, -0.15) is 0 Å². The number of thiazole rings is 1. The Morgan fingerprint density at radius 1 is 1.13 bits per heavy atom. The van der Waals surface area contributed by atoms with E-state index in [4.69, 9.17) is 21.1 Å². The summed E-state index contributed by atoms with van der Waals surface area (Å²) in [6.07, 6.45) is 1.88. The summed E-state index contributed by atoms with van der Waals surface area (Å²) in [6.45, 7) is 7.76. The van der Waals surface area contributed by atoms with Gasteiger partial charge in [-0.1, -0.05) is 47.2 Å². The first-order valence-corrected chi connectivity index (χ1v) is 13.7. The first kappa shape index (κ1) is 26.7. The third-order valence-electron chi connectivity index (χ3n) is 6.77. The Kier molecular flexibility index (Phi) is 7.34. The van der Waals surface area contributed by atoms with Crippen LogP contribution in [-0.4, -0.2) is 28.8 Å². The van der Waals surface area contributed by atoms with Crippen LogP contribution in [0.15, 0.2) is 75.7 Å². The number of rotatable bonds is 6. The van der Waals surface area contributed by atoms with Gasteiger partial charge in [0, 0.05) is 27.7 Å². The number of carbonyl (C=O) groups is 1. The number of halogens is 1. The molecular weight excluding hydrogens is 534 g/mol. The normalized spacial score (nSPS) is 15.2. The third-order valence-corrected chi connectivity index (χ3v) is 7.99. The fraction of sp³-hybridized carbons (Fsp3) is 0.233. The van der Waals surface area contributed by atoms with Crippen LogP contribution in [0.4, 0.5) is 0 Å². The second-order valence-corrected chi connectivity index (χ2v) is 10.6. The molecule has 1 aliphatic rings. The van der Waals surface area contributed by atoms with Gasteiger partial charge in [0.2, 0.25) is 0 Å². The van der Waals surface area contributed by atoms with Gasteiger partial charge in [0.1, 0.15) is 11.8 Å².